The molecule has 8 heteroatoms. The van der Waals surface area contributed by atoms with Gasteiger partial charge in [0.05, 0.1) is 11.4 Å². The first-order valence-corrected chi connectivity index (χ1v) is 11.1. The predicted octanol–water partition coefficient (Wildman–Crippen LogP) is 3.26. The molecule has 0 fully saturated rings. The Labute approximate surface area is 175 Å². The number of fused-ring (bicyclic) bond motifs is 2. The predicted molar refractivity (Wildman–Crippen MR) is 114 cm³/mol. The summed E-state index contributed by atoms with van der Waals surface area (Å²) < 4.78 is 38.3. The van der Waals surface area contributed by atoms with E-state index in [1.807, 2.05) is 24.3 Å². The van der Waals surface area contributed by atoms with Crippen LogP contribution in [0.25, 0.3) is 10.8 Å². The third-order valence-electron chi connectivity index (χ3n) is 4.86. The molecule has 1 N–H and O–H groups in total. The molecule has 0 saturated heterocycles. The first-order valence-electron chi connectivity index (χ1n) is 9.66. The minimum atomic E-state index is -3.82. The van der Waals surface area contributed by atoms with E-state index in [0.717, 1.165) is 15.1 Å². The van der Waals surface area contributed by atoms with Crippen LogP contribution in [0.3, 0.4) is 0 Å². The maximum Gasteiger partial charge on any atom is 0.243 e. The summed E-state index contributed by atoms with van der Waals surface area (Å²) in [6, 6.07) is 17.6. The van der Waals surface area contributed by atoms with Crippen LogP contribution in [0.4, 0.5) is 5.69 Å². The van der Waals surface area contributed by atoms with Gasteiger partial charge in [-0.25, -0.2) is 8.42 Å². The number of hydrogen-bond acceptors (Lipinski definition) is 5. The minimum absolute atomic E-state index is 0.162. The molecule has 3 aromatic rings. The van der Waals surface area contributed by atoms with Gasteiger partial charge in [0.1, 0.15) is 13.2 Å². The van der Waals surface area contributed by atoms with Gasteiger partial charge in [-0.15, -0.1) is 0 Å². The van der Waals surface area contributed by atoms with E-state index >= 15 is 0 Å². The van der Waals surface area contributed by atoms with Crippen molar-refractivity contribution in [2.75, 3.05) is 31.6 Å². The van der Waals surface area contributed by atoms with Crippen LogP contribution < -0.4 is 14.8 Å². The van der Waals surface area contributed by atoms with Crippen molar-refractivity contribution < 1.29 is 22.7 Å². The topological polar surface area (TPSA) is 84.9 Å². The van der Waals surface area contributed by atoms with Gasteiger partial charge < -0.3 is 14.8 Å². The van der Waals surface area contributed by atoms with Gasteiger partial charge in [-0.3, -0.25) is 4.79 Å². The number of nitrogens with zero attached hydrogens (tertiary/aromatic N) is 1. The molecule has 3 aromatic carbocycles. The molecule has 1 aliphatic rings. The van der Waals surface area contributed by atoms with E-state index in [1.54, 1.807) is 43.3 Å². The summed E-state index contributed by atoms with van der Waals surface area (Å²) in [5, 5.41) is 4.51. The van der Waals surface area contributed by atoms with Crippen molar-refractivity contribution in [3.05, 3.63) is 60.7 Å². The normalized spacial score (nSPS) is 13.4. The number of ether oxygens (including phenoxy) is 2. The molecule has 4 rings (SSSR count). The number of rotatable bonds is 6. The van der Waals surface area contributed by atoms with Crippen molar-refractivity contribution in [1.29, 1.82) is 0 Å². The smallest absolute Gasteiger partial charge is 0.243 e. The Morgan fingerprint density at radius 3 is 2.47 bits per heavy atom. The molecule has 0 bridgehead atoms. The fourth-order valence-corrected chi connectivity index (χ4v) is 4.77. The average molecular weight is 426 g/mol. The van der Waals surface area contributed by atoms with Gasteiger partial charge in [0.15, 0.2) is 11.5 Å². The second-order valence-corrected chi connectivity index (χ2v) is 8.78. The average Bonchev–Trinajstić information content (AvgIpc) is 2.77. The number of benzene rings is 3. The maximum atomic E-state index is 13.1. The molecule has 1 aliphatic heterocycles. The van der Waals surface area contributed by atoms with Crippen LogP contribution in [-0.2, 0) is 14.8 Å². The SMILES string of the molecule is CCN(CC(=O)Nc1ccc2c(c1)OCCO2)S(=O)(=O)c1ccc2ccccc2c1. The van der Waals surface area contributed by atoms with Crippen LogP contribution in [0.1, 0.15) is 6.92 Å². The lowest BCUT2D eigenvalue weighted by Crippen LogP contribution is -2.37. The Balaban J connectivity index is 1.50. The van der Waals surface area contributed by atoms with Crippen molar-refractivity contribution in [1.82, 2.24) is 4.31 Å². The van der Waals surface area contributed by atoms with Gasteiger partial charge in [0, 0.05) is 18.3 Å². The number of likely N-dealkylation sites (N-methyl/N-ethyl adjacent to an activating group) is 1. The zero-order valence-corrected chi connectivity index (χ0v) is 17.3. The lowest BCUT2D eigenvalue weighted by molar-refractivity contribution is -0.116. The number of sulfonamides is 1. The van der Waals surface area contributed by atoms with E-state index in [4.69, 9.17) is 9.47 Å². The fourth-order valence-electron chi connectivity index (χ4n) is 3.33. The molecule has 0 spiro atoms. The molecule has 0 aliphatic carbocycles. The Hall–Kier alpha value is -3.10. The van der Waals surface area contributed by atoms with E-state index in [-0.39, 0.29) is 18.0 Å². The van der Waals surface area contributed by atoms with Crippen molar-refractivity contribution in [3.63, 3.8) is 0 Å². The summed E-state index contributed by atoms with van der Waals surface area (Å²) in [4.78, 5) is 12.7. The number of anilines is 1. The Morgan fingerprint density at radius 2 is 1.70 bits per heavy atom. The van der Waals surface area contributed by atoms with E-state index in [1.165, 1.54) is 0 Å². The van der Waals surface area contributed by atoms with E-state index < -0.39 is 15.9 Å². The van der Waals surface area contributed by atoms with Crippen LogP contribution in [-0.4, -0.2) is 44.9 Å². The third-order valence-corrected chi connectivity index (χ3v) is 6.77. The molecule has 30 heavy (non-hydrogen) atoms. The number of carbonyl (C=O) groups excluding carboxylic acids is 1. The molecule has 1 amide bonds. The maximum absolute atomic E-state index is 13.1. The van der Waals surface area contributed by atoms with Crippen molar-refractivity contribution >= 4 is 32.4 Å². The standard InChI is InChI=1S/C22H22N2O5S/c1-2-24(30(26,27)19-9-7-16-5-3-4-6-17(16)13-19)15-22(25)23-18-8-10-20-21(14-18)29-12-11-28-20/h3-10,13-14H,2,11-12,15H2,1H3,(H,23,25). The van der Waals surface area contributed by atoms with Crippen molar-refractivity contribution in [3.8, 4) is 11.5 Å². The summed E-state index contributed by atoms with van der Waals surface area (Å²) in [6.45, 7) is 2.51. The minimum Gasteiger partial charge on any atom is -0.486 e. The molecule has 156 valence electrons. The molecular weight excluding hydrogens is 404 g/mol. The highest BCUT2D eigenvalue weighted by Gasteiger charge is 2.25. The molecule has 7 nitrogen and oxygen atoms in total. The quantitative estimate of drug-likeness (QED) is 0.654. The fraction of sp³-hybridized carbons (Fsp3) is 0.227. The van der Waals surface area contributed by atoms with Crippen LogP contribution in [0.2, 0.25) is 0 Å². The van der Waals surface area contributed by atoms with Crippen LogP contribution in [0.5, 0.6) is 11.5 Å². The van der Waals surface area contributed by atoms with Gasteiger partial charge in [-0.2, -0.15) is 4.31 Å². The largest absolute Gasteiger partial charge is 0.486 e. The molecule has 0 unspecified atom stereocenters. The molecule has 1 heterocycles. The van der Waals surface area contributed by atoms with E-state index in [9.17, 15) is 13.2 Å². The summed E-state index contributed by atoms with van der Waals surface area (Å²) in [5.74, 6) is 0.737. The highest BCUT2D eigenvalue weighted by Crippen LogP contribution is 2.32. The Morgan fingerprint density at radius 1 is 0.967 bits per heavy atom. The van der Waals surface area contributed by atoms with Crippen LogP contribution >= 0.6 is 0 Å². The Kier molecular flexibility index (Phi) is 5.61. The molecule has 0 atom stereocenters. The first-order chi connectivity index (χ1) is 14.5. The van der Waals surface area contributed by atoms with Gasteiger partial charge in [0.2, 0.25) is 15.9 Å². The van der Waals surface area contributed by atoms with E-state index in [2.05, 4.69) is 5.32 Å². The summed E-state index contributed by atoms with van der Waals surface area (Å²) in [7, 11) is -3.82. The number of hydrogen-bond donors (Lipinski definition) is 1. The van der Waals surface area contributed by atoms with Gasteiger partial charge >= 0.3 is 0 Å². The third kappa shape index (κ3) is 4.10. The van der Waals surface area contributed by atoms with Crippen molar-refractivity contribution in [2.24, 2.45) is 0 Å². The number of amides is 1. The monoisotopic (exact) mass is 426 g/mol. The lowest BCUT2D eigenvalue weighted by atomic mass is 10.1. The first kappa shape index (κ1) is 20.2. The zero-order chi connectivity index (χ0) is 21.1. The summed E-state index contributed by atoms with van der Waals surface area (Å²) >= 11 is 0. The highest BCUT2D eigenvalue weighted by atomic mass is 32.2. The van der Waals surface area contributed by atoms with Gasteiger partial charge in [-0.05, 0) is 35.0 Å². The summed E-state index contributed by atoms with van der Waals surface area (Å²) in [6.07, 6.45) is 0. The molecular formula is C22H22N2O5S. The van der Waals surface area contributed by atoms with Gasteiger partial charge in [-0.1, -0.05) is 37.3 Å². The summed E-state index contributed by atoms with van der Waals surface area (Å²) in [5.41, 5.74) is 0.517. The van der Waals surface area contributed by atoms with Crippen LogP contribution in [0, 0.1) is 0 Å². The number of carbonyl (C=O) groups is 1. The van der Waals surface area contributed by atoms with Gasteiger partial charge in [0.25, 0.3) is 0 Å². The highest BCUT2D eigenvalue weighted by molar-refractivity contribution is 7.89. The second kappa shape index (κ2) is 8.33. The zero-order valence-electron chi connectivity index (χ0n) is 16.5. The second-order valence-electron chi connectivity index (χ2n) is 6.85. The number of nitrogens with one attached hydrogen (secondary N) is 1. The molecule has 0 aromatic heterocycles. The molecule has 0 saturated carbocycles. The van der Waals surface area contributed by atoms with Crippen molar-refractivity contribution in [2.45, 2.75) is 11.8 Å². The van der Waals surface area contributed by atoms with E-state index in [0.29, 0.717) is 30.4 Å². The lowest BCUT2D eigenvalue weighted by Gasteiger charge is -2.21. The molecule has 0 radical (unpaired) electrons. The Bertz CT molecular complexity index is 1190. The van der Waals surface area contributed by atoms with Crippen LogP contribution in [0.15, 0.2) is 65.6 Å².